The van der Waals surface area contributed by atoms with Gasteiger partial charge in [0.2, 0.25) is 0 Å². The zero-order chi connectivity index (χ0) is 17.2. The third-order valence-corrected chi connectivity index (χ3v) is 6.68. The van der Waals surface area contributed by atoms with Crippen LogP contribution in [0, 0.1) is 0 Å². The van der Waals surface area contributed by atoms with Gasteiger partial charge in [0.25, 0.3) is 15.6 Å². The van der Waals surface area contributed by atoms with Crippen molar-refractivity contribution in [3.8, 4) is 11.3 Å². The second kappa shape index (κ2) is 6.80. The fourth-order valence-electron chi connectivity index (χ4n) is 1.99. The smallest absolute Gasteiger partial charge is 0.271 e. The van der Waals surface area contributed by atoms with Crippen LogP contribution in [0.4, 0.5) is 5.69 Å². The summed E-state index contributed by atoms with van der Waals surface area (Å²) in [5.41, 5.74) is 1.35. The molecule has 0 amide bonds. The number of nitrogens with zero attached hydrogens (tertiary/aromatic N) is 1. The molecule has 2 aromatic heterocycles. The maximum absolute atomic E-state index is 12.5. The van der Waals surface area contributed by atoms with E-state index in [-0.39, 0.29) is 9.77 Å². The monoisotopic (exact) mass is 379 g/mol. The van der Waals surface area contributed by atoms with E-state index in [1.165, 1.54) is 23.9 Å². The molecule has 2 heterocycles. The highest BCUT2D eigenvalue weighted by molar-refractivity contribution is 7.98. The Labute approximate surface area is 147 Å². The maximum atomic E-state index is 12.5. The molecule has 0 fully saturated rings. The van der Waals surface area contributed by atoms with Gasteiger partial charge in [-0.3, -0.25) is 9.52 Å². The molecule has 124 valence electrons. The van der Waals surface area contributed by atoms with E-state index in [1.54, 1.807) is 29.6 Å². The molecule has 6 nitrogen and oxygen atoms in total. The number of hydrogen-bond acceptors (Lipinski definition) is 6. The predicted octanol–water partition coefficient (Wildman–Crippen LogP) is 3.02. The first kappa shape index (κ1) is 16.7. The molecule has 3 rings (SSSR count). The largest absolute Gasteiger partial charge is 0.279 e. The van der Waals surface area contributed by atoms with Crippen molar-refractivity contribution in [2.45, 2.75) is 9.10 Å². The van der Waals surface area contributed by atoms with Crippen molar-refractivity contribution in [1.29, 1.82) is 0 Å². The number of aromatic amines is 1. The fourth-order valence-corrected chi connectivity index (χ4v) is 4.67. The molecule has 2 N–H and O–H groups in total. The summed E-state index contributed by atoms with van der Waals surface area (Å²) in [5.74, 6) is 0. The Balaban J connectivity index is 1.87. The first-order valence-electron chi connectivity index (χ1n) is 6.79. The second-order valence-corrected chi connectivity index (χ2v) is 8.50. The molecule has 3 aromatic rings. The summed E-state index contributed by atoms with van der Waals surface area (Å²) in [5, 5.41) is 7.92. The normalized spacial score (nSPS) is 11.4. The van der Waals surface area contributed by atoms with Crippen molar-refractivity contribution in [3.05, 3.63) is 58.2 Å². The lowest BCUT2D eigenvalue weighted by atomic mass is 10.2. The Morgan fingerprint density at radius 2 is 2.04 bits per heavy atom. The highest BCUT2D eigenvalue weighted by atomic mass is 32.2. The van der Waals surface area contributed by atoms with Crippen molar-refractivity contribution in [3.63, 3.8) is 0 Å². The number of anilines is 1. The number of nitrogens with one attached hydrogen (secondary N) is 2. The Hall–Kier alpha value is -2.10. The first-order chi connectivity index (χ1) is 11.5. The average Bonchev–Trinajstić information content (AvgIpc) is 3.06. The number of benzene rings is 1. The first-order valence-corrected chi connectivity index (χ1v) is 10.4. The molecule has 0 unspecified atom stereocenters. The van der Waals surface area contributed by atoms with E-state index < -0.39 is 10.0 Å². The maximum Gasteiger partial charge on any atom is 0.271 e. The lowest BCUT2D eigenvalue weighted by Gasteiger charge is -2.07. The van der Waals surface area contributed by atoms with Crippen LogP contribution in [0.5, 0.6) is 0 Å². The number of thioether (sulfide) groups is 1. The number of sulfonamides is 1. The summed E-state index contributed by atoms with van der Waals surface area (Å²) < 4.78 is 27.8. The Morgan fingerprint density at radius 1 is 1.21 bits per heavy atom. The van der Waals surface area contributed by atoms with Crippen molar-refractivity contribution in [2.24, 2.45) is 0 Å². The van der Waals surface area contributed by atoms with Crippen LogP contribution in [0.3, 0.4) is 0 Å². The predicted molar refractivity (Wildman–Crippen MR) is 97.2 cm³/mol. The minimum Gasteiger partial charge on any atom is -0.279 e. The summed E-state index contributed by atoms with van der Waals surface area (Å²) in [6, 6.07) is 11.6. The van der Waals surface area contributed by atoms with E-state index in [2.05, 4.69) is 14.9 Å². The summed E-state index contributed by atoms with van der Waals surface area (Å²) >= 11 is 2.63. The van der Waals surface area contributed by atoms with Crippen LogP contribution in [0.15, 0.2) is 61.7 Å². The molecule has 0 spiro atoms. The van der Waals surface area contributed by atoms with Gasteiger partial charge in [-0.2, -0.15) is 5.10 Å². The average molecular weight is 379 g/mol. The van der Waals surface area contributed by atoms with Gasteiger partial charge in [0.15, 0.2) is 0 Å². The van der Waals surface area contributed by atoms with Gasteiger partial charge in [0, 0.05) is 27.6 Å². The number of thiophene rings is 1. The molecule has 0 atom stereocenters. The van der Waals surface area contributed by atoms with E-state index in [1.807, 2.05) is 12.3 Å². The van der Waals surface area contributed by atoms with Crippen LogP contribution >= 0.6 is 23.1 Å². The minimum atomic E-state index is -3.67. The van der Waals surface area contributed by atoms with Crippen molar-refractivity contribution in [2.75, 3.05) is 11.0 Å². The second-order valence-electron chi connectivity index (χ2n) is 4.80. The van der Waals surface area contributed by atoms with Crippen LogP contribution in [0.1, 0.15) is 0 Å². The highest BCUT2D eigenvalue weighted by Gasteiger charge is 2.18. The van der Waals surface area contributed by atoms with Crippen LogP contribution in [0.2, 0.25) is 0 Å². The fraction of sp³-hybridized carbons (Fsp3) is 0.0667. The number of H-pyrrole nitrogens is 1. The zero-order valence-corrected chi connectivity index (χ0v) is 15.0. The van der Waals surface area contributed by atoms with Crippen LogP contribution in [0.25, 0.3) is 11.3 Å². The van der Waals surface area contributed by atoms with Gasteiger partial charge < -0.3 is 0 Å². The summed E-state index contributed by atoms with van der Waals surface area (Å²) in [7, 11) is -3.67. The van der Waals surface area contributed by atoms with Crippen molar-refractivity contribution in [1.82, 2.24) is 10.2 Å². The van der Waals surface area contributed by atoms with E-state index >= 15 is 0 Å². The summed E-state index contributed by atoms with van der Waals surface area (Å²) in [4.78, 5) is 12.0. The van der Waals surface area contributed by atoms with E-state index in [0.29, 0.717) is 16.9 Å². The number of aromatic nitrogens is 2. The number of rotatable bonds is 5. The third-order valence-electron chi connectivity index (χ3n) is 3.14. The quantitative estimate of drug-likeness (QED) is 0.665. The molecule has 24 heavy (non-hydrogen) atoms. The van der Waals surface area contributed by atoms with Crippen LogP contribution < -0.4 is 10.3 Å². The van der Waals surface area contributed by atoms with Gasteiger partial charge in [-0.15, -0.1) is 23.1 Å². The third kappa shape index (κ3) is 3.69. The molecule has 0 aliphatic rings. The van der Waals surface area contributed by atoms with Gasteiger partial charge in [0.1, 0.15) is 4.21 Å². The Morgan fingerprint density at radius 3 is 2.75 bits per heavy atom. The Kier molecular flexibility index (Phi) is 4.74. The molecule has 0 saturated heterocycles. The van der Waals surface area contributed by atoms with Gasteiger partial charge in [0.05, 0.1) is 5.69 Å². The molecular formula is C15H13N3O3S3. The topological polar surface area (TPSA) is 91.9 Å². The molecule has 1 aromatic carbocycles. The lowest BCUT2D eigenvalue weighted by Crippen LogP contribution is -2.11. The minimum absolute atomic E-state index is 0.181. The standard InChI is InChI=1S/C15H13N3O3S3/c1-22-12-4-2-3-11(8-12)18-24(20,21)15-7-10(9-23-15)13-5-6-14(19)17-16-13/h2-9,18H,1H3,(H,17,19). The molecule has 0 radical (unpaired) electrons. The molecular weight excluding hydrogens is 366 g/mol. The highest BCUT2D eigenvalue weighted by Crippen LogP contribution is 2.29. The van der Waals surface area contributed by atoms with Gasteiger partial charge >= 0.3 is 0 Å². The van der Waals surface area contributed by atoms with Gasteiger partial charge in [-0.1, -0.05) is 6.07 Å². The van der Waals surface area contributed by atoms with E-state index in [9.17, 15) is 13.2 Å². The van der Waals surface area contributed by atoms with Gasteiger partial charge in [-0.25, -0.2) is 13.5 Å². The molecule has 9 heteroatoms. The molecule has 0 aliphatic carbocycles. The number of hydrogen-bond donors (Lipinski definition) is 2. The van der Waals surface area contributed by atoms with E-state index in [0.717, 1.165) is 16.2 Å². The van der Waals surface area contributed by atoms with E-state index in [4.69, 9.17) is 0 Å². The summed E-state index contributed by atoms with van der Waals surface area (Å²) in [6.07, 6.45) is 1.93. The van der Waals surface area contributed by atoms with Crippen molar-refractivity contribution < 1.29 is 8.42 Å². The SMILES string of the molecule is CSc1cccc(NS(=O)(=O)c2cc(-c3ccc(=O)[nH]n3)cs2)c1. The van der Waals surface area contributed by atoms with Crippen LogP contribution in [-0.2, 0) is 10.0 Å². The van der Waals surface area contributed by atoms with Crippen molar-refractivity contribution >= 4 is 38.8 Å². The lowest BCUT2D eigenvalue weighted by molar-refractivity contribution is 0.603. The summed E-state index contributed by atoms with van der Waals surface area (Å²) in [6.45, 7) is 0. The van der Waals surface area contributed by atoms with Gasteiger partial charge in [-0.05, 0) is 36.6 Å². The molecule has 0 aliphatic heterocycles. The Bertz CT molecular complexity index is 1000. The molecule has 0 bridgehead atoms. The molecule has 0 saturated carbocycles. The zero-order valence-electron chi connectivity index (χ0n) is 12.5. The van der Waals surface area contributed by atoms with Crippen LogP contribution in [-0.4, -0.2) is 24.9 Å².